The molecule has 0 radical (unpaired) electrons. The van der Waals surface area contributed by atoms with Gasteiger partial charge in [0.05, 0.1) is 0 Å². The molecule has 0 fully saturated rings. The van der Waals surface area contributed by atoms with Crippen molar-refractivity contribution in [3.63, 3.8) is 0 Å². The molecule has 2 aromatic heterocycles. The molecule has 0 unspecified atom stereocenters. The molecule has 0 saturated carbocycles. The van der Waals surface area contributed by atoms with Crippen LogP contribution in [0.25, 0.3) is 24.3 Å². The Bertz CT molecular complexity index is 1420. The van der Waals surface area contributed by atoms with Gasteiger partial charge in [0.2, 0.25) is 0 Å². The van der Waals surface area contributed by atoms with Crippen LogP contribution in [0.4, 0.5) is 0 Å². The summed E-state index contributed by atoms with van der Waals surface area (Å²) in [5.41, 5.74) is 8.70. The van der Waals surface area contributed by atoms with E-state index in [0.29, 0.717) is 0 Å². The van der Waals surface area contributed by atoms with Gasteiger partial charge in [-0.15, -0.1) is 0 Å². The SMILES string of the molecule is CCCCCCCCCCCCc1c[c]([Sn]([CH3])([CH3])[CH3])sc1C=Cc1cc(C)c(/C=C/c2s[c]([Sn]([CH3])([CH3])[CH3])cc2CCCCCCCCCCCC)cc1C. The van der Waals surface area contributed by atoms with Crippen molar-refractivity contribution in [2.45, 2.75) is 199 Å². The van der Waals surface area contributed by atoms with E-state index in [4.69, 9.17) is 0 Å². The van der Waals surface area contributed by atoms with Gasteiger partial charge in [-0.1, -0.05) is 39.5 Å². The Labute approximate surface area is 352 Å². The summed E-state index contributed by atoms with van der Waals surface area (Å²) in [5, 5.41) is 0. The van der Waals surface area contributed by atoms with Crippen molar-refractivity contribution in [3.05, 3.63) is 67.4 Å². The normalized spacial score (nSPS) is 12.6. The van der Waals surface area contributed by atoms with Gasteiger partial charge in [0, 0.05) is 0 Å². The van der Waals surface area contributed by atoms with E-state index in [1.807, 2.05) is 0 Å². The molecule has 0 bridgehead atoms. The van der Waals surface area contributed by atoms with Crippen molar-refractivity contribution in [3.8, 4) is 0 Å². The minimum atomic E-state index is -2.14. The second kappa shape index (κ2) is 25.9. The van der Waals surface area contributed by atoms with Gasteiger partial charge >= 0.3 is 316 Å². The van der Waals surface area contributed by atoms with Crippen LogP contribution in [0.1, 0.15) is 185 Å². The maximum absolute atomic E-state index is 2.62. The monoisotopic (exact) mass is 986 g/mol. The number of hydrogen-bond donors (Lipinski definition) is 0. The Hall–Kier alpha value is -0.303. The zero-order valence-corrected chi connectivity index (χ0v) is 44.3. The van der Waals surface area contributed by atoms with Gasteiger partial charge in [0.15, 0.2) is 0 Å². The fourth-order valence-corrected chi connectivity index (χ4v) is 20.4. The van der Waals surface area contributed by atoms with Crippen LogP contribution in [0, 0.1) is 13.8 Å². The molecule has 0 aliphatic carbocycles. The number of rotatable bonds is 28. The molecule has 0 amide bonds. The Morgan fingerprint density at radius 1 is 0.407 bits per heavy atom. The zero-order valence-electron chi connectivity index (χ0n) is 37.0. The van der Waals surface area contributed by atoms with Crippen LogP contribution in [0.5, 0.6) is 0 Å². The summed E-state index contributed by atoms with van der Waals surface area (Å²) in [6.45, 7) is 9.23. The van der Waals surface area contributed by atoms with Gasteiger partial charge in [-0.05, 0) is 0 Å². The van der Waals surface area contributed by atoms with Crippen LogP contribution in [0.3, 0.4) is 0 Å². The Balaban J connectivity index is 1.63. The molecule has 0 atom stereocenters. The molecular formula is C50H82S2Sn2. The van der Waals surface area contributed by atoms with E-state index in [1.54, 1.807) is 16.9 Å². The van der Waals surface area contributed by atoms with Crippen LogP contribution >= 0.6 is 22.7 Å². The Kier molecular flexibility index (Phi) is 23.1. The van der Waals surface area contributed by atoms with E-state index in [-0.39, 0.29) is 0 Å². The molecule has 4 heteroatoms. The van der Waals surface area contributed by atoms with Gasteiger partial charge in [0.25, 0.3) is 0 Å². The summed E-state index contributed by atoms with van der Waals surface area (Å²) in [7, 11) is 0. The van der Waals surface area contributed by atoms with Crippen molar-refractivity contribution < 1.29 is 0 Å². The topological polar surface area (TPSA) is 0 Å². The molecule has 2 heterocycles. The van der Waals surface area contributed by atoms with Crippen LogP contribution in [-0.4, -0.2) is 36.8 Å². The molecule has 302 valence electrons. The third-order valence-electron chi connectivity index (χ3n) is 11.2. The van der Waals surface area contributed by atoms with Crippen LogP contribution < -0.4 is 5.79 Å². The first-order valence-electron chi connectivity index (χ1n) is 22.6. The van der Waals surface area contributed by atoms with Crippen molar-refractivity contribution in [1.29, 1.82) is 0 Å². The Morgan fingerprint density at radius 3 is 1.00 bits per heavy atom. The van der Waals surface area contributed by atoms with Crippen molar-refractivity contribution in [2.24, 2.45) is 0 Å². The molecule has 0 saturated heterocycles. The molecule has 0 spiro atoms. The third-order valence-corrected chi connectivity index (χ3v) is 32.4. The number of aryl methyl sites for hydroxylation is 4. The van der Waals surface area contributed by atoms with Gasteiger partial charge < -0.3 is 0 Å². The van der Waals surface area contributed by atoms with Gasteiger partial charge in [0.1, 0.15) is 0 Å². The zero-order chi connectivity index (χ0) is 39.4. The van der Waals surface area contributed by atoms with Gasteiger partial charge in [-0.2, -0.15) is 0 Å². The number of unbranched alkanes of at least 4 members (excludes halogenated alkanes) is 18. The average molecular weight is 985 g/mol. The fourth-order valence-electron chi connectivity index (χ4n) is 7.45. The summed E-state index contributed by atoms with van der Waals surface area (Å²) in [4.78, 5) is 18.5. The second-order valence-electron chi connectivity index (χ2n) is 18.6. The first-order valence-corrected chi connectivity index (χ1v) is 44.2. The van der Waals surface area contributed by atoms with Gasteiger partial charge in [-0.25, -0.2) is 0 Å². The predicted molar refractivity (Wildman–Crippen MR) is 259 cm³/mol. The first-order chi connectivity index (χ1) is 25.8. The molecule has 3 rings (SSSR count). The average Bonchev–Trinajstić information content (AvgIpc) is 3.74. The molecule has 0 aliphatic rings. The number of hydrogen-bond acceptors (Lipinski definition) is 2. The van der Waals surface area contributed by atoms with Crippen molar-refractivity contribution in [1.82, 2.24) is 0 Å². The van der Waals surface area contributed by atoms with E-state index in [2.05, 4.69) is 129 Å². The summed E-state index contributed by atoms with van der Waals surface area (Å²) in [6.07, 6.45) is 40.3. The van der Waals surface area contributed by atoms with Crippen LogP contribution in [0.2, 0.25) is 29.6 Å². The molecule has 3 aromatic rings. The van der Waals surface area contributed by atoms with Crippen molar-refractivity contribution >= 4 is 89.5 Å². The molecule has 0 N–H and O–H groups in total. The minimum absolute atomic E-state index is 1.24. The maximum atomic E-state index is 2.62. The standard InChI is InChI=1S/C44H64S2.6CH3.2Sn/c1-5-7-9-11-13-15-17-19-21-23-25-39-31-33-45-43(39)29-27-41-35-38(4)42(36-37(41)3)28-30-44-40(32-34-46-44)26-24-22-20-18-16-14-12-10-8-6-2;;;;;;;;/h27-32,35-36H,5-26H2,1-4H3;6*1H3;;/b29-27+,30-28?;;;;;;;;. The van der Waals surface area contributed by atoms with E-state index in [1.165, 1.54) is 173 Å². The summed E-state index contributed by atoms with van der Waals surface area (Å²) >= 11 is -0.0625. The first kappa shape index (κ1) is 48.1. The molecule has 1 aromatic carbocycles. The van der Waals surface area contributed by atoms with Gasteiger partial charge in [-0.3, -0.25) is 0 Å². The fraction of sp³-hybridized carbons (Fsp3) is 0.640. The van der Waals surface area contributed by atoms with E-state index >= 15 is 0 Å². The Morgan fingerprint density at radius 2 is 0.704 bits per heavy atom. The van der Waals surface area contributed by atoms with E-state index < -0.39 is 36.8 Å². The third kappa shape index (κ3) is 18.1. The number of benzene rings is 1. The number of thiophene rings is 2. The van der Waals surface area contributed by atoms with Crippen molar-refractivity contribution in [2.75, 3.05) is 0 Å². The van der Waals surface area contributed by atoms with E-state index in [9.17, 15) is 0 Å². The van der Waals surface area contributed by atoms with Crippen LogP contribution in [0.15, 0.2) is 24.3 Å². The molecule has 0 nitrogen and oxygen atoms in total. The molecule has 54 heavy (non-hydrogen) atoms. The van der Waals surface area contributed by atoms with E-state index in [0.717, 1.165) is 0 Å². The molecular weight excluding hydrogens is 902 g/mol. The summed E-state index contributed by atoms with van der Waals surface area (Å²) < 4.78 is 3.44. The molecule has 0 aliphatic heterocycles. The second-order valence-corrected chi connectivity index (χ2v) is 51.6. The predicted octanol–water partition coefficient (Wildman–Crippen LogP) is 16.8. The summed E-state index contributed by atoms with van der Waals surface area (Å²) in [5.74, 6) is 0. The van der Waals surface area contributed by atoms with Crippen LogP contribution in [-0.2, 0) is 12.8 Å². The quantitative estimate of drug-likeness (QED) is 0.0502. The summed E-state index contributed by atoms with van der Waals surface area (Å²) in [6, 6.07) is 10.1.